The fraction of sp³-hybridized carbons (Fsp3) is 0.100. The summed E-state index contributed by atoms with van der Waals surface area (Å²) in [7, 11) is 29.3. The van der Waals surface area contributed by atoms with Gasteiger partial charge >= 0.3 is 285 Å². The van der Waals surface area contributed by atoms with Crippen molar-refractivity contribution in [3.05, 3.63) is 178 Å². The van der Waals surface area contributed by atoms with E-state index in [0.29, 0.717) is 0 Å². The van der Waals surface area contributed by atoms with Crippen molar-refractivity contribution in [3.8, 4) is 11.1 Å². The summed E-state index contributed by atoms with van der Waals surface area (Å²) in [6.45, 7) is 0. The molecule has 4 aliphatic rings. The van der Waals surface area contributed by atoms with Crippen molar-refractivity contribution in [2.75, 3.05) is 0 Å². The molecule has 9 rings (SSSR count). The zero-order chi connectivity index (χ0) is 31.4. The summed E-state index contributed by atoms with van der Waals surface area (Å²) in [5, 5.41) is 0. The van der Waals surface area contributed by atoms with Gasteiger partial charge in [-0.2, -0.15) is 0 Å². The van der Waals surface area contributed by atoms with Crippen molar-refractivity contribution in [3.63, 3.8) is 0 Å². The van der Waals surface area contributed by atoms with E-state index in [1.54, 1.807) is 0 Å². The van der Waals surface area contributed by atoms with Gasteiger partial charge in [-0.15, -0.1) is 0 Å². The summed E-state index contributed by atoms with van der Waals surface area (Å²) >= 11 is -5.16. The molecule has 0 bridgehead atoms. The second kappa shape index (κ2) is 10.1. The summed E-state index contributed by atoms with van der Waals surface area (Å²) in [6.07, 6.45) is 14.2. The Balaban J connectivity index is 1.46. The summed E-state index contributed by atoms with van der Waals surface area (Å²) in [6, 6.07) is 40.8. The number of fused-ring (bicyclic) bond motifs is 6. The van der Waals surface area contributed by atoms with Gasteiger partial charge in [0.05, 0.1) is 0 Å². The van der Waals surface area contributed by atoms with Gasteiger partial charge in [-0.1, -0.05) is 0 Å². The predicted octanol–water partition coefficient (Wildman–Crippen LogP) is 12.1. The van der Waals surface area contributed by atoms with Gasteiger partial charge in [-0.05, 0) is 0 Å². The van der Waals surface area contributed by atoms with Crippen LogP contribution in [0.2, 0.25) is 0 Å². The zero-order valence-corrected chi connectivity index (χ0v) is 32.8. The average molecular weight is 835 g/mol. The van der Waals surface area contributed by atoms with E-state index in [-0.39, 0.29) is 10.9 Å². The first-order valence-corrected chi connectivity index (χ1v) is 42.5. The third-order valence-corrected chi connectivity index (χ3v) is 154. The third-order valence-electron chi connectivity index (χ3n) is 11.6. The van der Waals surface area contributed by atoms with E-state index >= 15 is 0 Å². The maximum absolute atomic E-state index is 9.34. The molecule has 0 spiro atoms. The van der Waals surface area contributed by atoms with Crippen LogP contribution in [-0.2, 0) is 29.6 Å². The molecule has 0 radical (unpaired) electrons. The molecular formula is C40H30Cl4Zr2. The molecule has 0 saturated carbocycles. The van der Waals surface area contributed by atoms with Crippen molar-refractivity contribution < 1.29 is 23.2 Å². The van der Waals surface area contributed by atoms with Crippen molar-refractivity contribution >= 4 is 55.6 Å². The topological polar surface area (TPSA) is 0 Å². The fourth-order valence-corrected chi connectivity index (χ4v) is 113. The minimum atomic E-state index is -6.61. The molecule has 0 heterocycles. The van der Waals surface area contributed by atoms with Crippen LogP contribution in [0, 0.1) is 0 Å². The molecule has 5 aromatic carbocycles. The number of halogens is 4. The van der Waals surface area contributed by atoms with Gasteiger partial charge in [0.1, 0.15) is 0 Å². The first-order chi connectivity index (χ1) is 22.2. The van der Waals surface area contributed by atoms with E-state index < -0.39 is 23.2 Å². The molecule has 3 atom stereocenters. The molecule has 6 heteroatoms. The molecular weight excluding hydrogens is 805 g/mol. The average Bonchev–Trinajstić information content (AvgIpc) is 3.88. The molecule has 0 aromatic heterocycles. The molecule has 0 saturated heterocycles. The summed E-state index contributed by atoms with van der Waals surface area (Å²) in [5.41, 5.74) is 11.7. The second-order valence-corrected chi connectivity index (χ2v) is 102. The number of hydrogen-bond acceptors (Lipinski definition) is 0. The van der Waals surface area contributed by atoms with E-state index in [4.69, 9.17) is 17.0 Å². The Hall–Kier alpha value is -1.75. The van der Waals surface area contributed by atoms with Crippen LogP contribution in [0.15, 0.2) is 133 Å². The number of allylic oxidation sites excluding steroid dienone is 3. The van der Waals surface area contributed by atoms with Crippen LogP contribution in [-0.4, -0.2) is 0 Å². The molecule has 46 heavy (non-hydrogen) atoms. The Morgan fingerprint density at radius 1 is 0.500 bits per heavy atom. The van der Waals surface area contributed by atoms with E-state index in [0.717, 1.165) is 43.1 Å². The van der Waals surface area contributed by atoms with Gasteiger partial charge in [0.15, 0.2) is 0 Å². The predicted molar refractivity (Wildman–Crippen MR) is 192 cm³/mol. The van der Waals surface area contributed by atoms with Crippen molar-refractivity contribution in [1.82, 2.24) is 0 Å². The molecule has 0 fully saturated rings. The van der Waals surface area contributed by atoms with Gasteiger partial charge in [0.25, 0.3) is 0 Å². The van der Waals surface area contributed by atoms with Crippen LogP contribution in [0.25, 0.3) is 29.4 Å². The molecule has 5 aromatic rings. The van der Waals surface area contributed by atoms with Crippen molar-refractivity contribution in [2.24, 2.45) is 0 Å². The van der Waals surface area contributed by atoms with Gasteiger partial charge in [-0.25, -0.2) is 0 Å². The van der Waals surface area contributed by atoms with Gasteiger partial charge in [0, 0.05) is 0 Å². The molecule has 3 unspecified atom stereocenters. The molecule has 226 valence electrons. The number of rotatable bonds is 5. The second-order valence-electron chi connectivity index (χ2n) is 13.5. The Kier molecular flexibility index (Phi) is 6.68. The number of benzene rings is 5. The van der Waals surface area contributed by atoms with E-state index in [1.165, 1.54) is 22.3 Å². The first kappa shape index (κ1) is 30.3. The Labute approximate surface area is 281 Å². The van der Waals surface area contributed by atoms with Crippen LogP contribution < -0.4 is 3.27 Å². The van der Waals surface area contributed by atoms with Gasteiger partial charge in [0.2, 0.25) is 0 Å². The Morgan fingerprint density at radius 2 is 0.935 bits per heavy atom. The van der Waals surface area contributed by atoms with Crippen LogP contribution in [0.1, 0.15) is 55.4 Å². The molecule has 4 aliphatic carbocycles. The van der Waals surface area contributed by atoms with Crippen molar-refractivity contribution in [2.45, 2.75) is 17.3 Å². The van der Waals surface area contributed by atoms with Crippen LogP contribution in [0.5, 0.6) is 0 Å². The van der Waals surface area contributed by atoms with Crippen LogP contribution in [0.4, 0.5) is 0 Å². The summed E-state index contributed by atoms with van der Waals surface area (Å²) < 4.78 is 0.0511. The Morgan fingerprint density at radius 3 is 1.46 bits per heavy atom. The maximum atomic E-state index is 9.34. The fourth-order valence-electron chi connectivity index (χ4n) is 9.52. The first-order valence-electron chi connectivity index (χ1n) is 15.9. The SMILES string of the molecule is [Cl][Zr]([Cl])([c]1cccc2c1Cc1ccccc1-2)[Zr]([Cl])([Cl])([CH]1C=Cc2ccccc21)([CH]1C=Cc2ccccc21)[CH]1C=Cc2ccccc21. The minimum absolute atomic E-state index is 0.326. The molecule has 0 amide bonds. The molecule has 0 N–H and O–H groups in total. The summed E-state index contributed by atoms with van der Waals surface area (Å²) in [4.78, 5) is 0. The summed E-state index contributed by atoms with van der Waals surface area (Å²) in [5.74, 6) is 0. The quantitative estimate of drug-likeness (QED) is 0.162. The van der Waals surface area contributed by atoms with Crippen molar-refractivity contribution in [1.29, 1.82) is 0 Å². The molecule has 0 nitrogen and oxygen atoms in total. The van der Waals surface area contributed by atoms with E-state index in [2.05, 4.69) is 152 Å². The van der Waals surface area contributed by atoms with Gasteiger partial charge in [-0.3, -0.25) is 0 Å². The van der Waals surface area contributed by atoms with Gasteiger partial charge < -0.3 is 0 Å². The third kappa shape index (κ3) is 3.55. The van der Waals surface area contributed by atoms with Crippen LogP contribution >= 0.6 is 34.1 Å². The standard InChI is InChI=1S/C13H9.3C9H7.4ClH.2Zr/c1-3-7-12-10(5-1)9-11-6-2-4-8-13(11)12;3*1-2-5-9-7-3-6-8(9)4-1;;;;;;/h1-5,7-8H,9H2;3*1-7H;4*1H;;/q;;;;;;;;2*+2/p-4. The zero-order valence-electron chi connectivity index (χ0n) is 24.9. The normalized spacial score (nSPS) is 21.7. The number of hydrogen-bond donors (Lipinski definition) is 0. The van der Waals surface area contributed by atoms with E-state index in [1.807, 2.05) is 0 Å². The monoisotopic (exact) mass is 830 g/mol. The molecule has 0 aliphatic heterocycles. The van der Waals surface area contributed by atoms with Crippen LogP contribution in [0.3, 0.4) is 0 Å². The Bertz CT molecular complexity index is 2070. The van der Waals surface area contributed by atoms with E-state index in [9.17, 15) is 17.0 Å².